The SMILES string of the molecule is Cc1cc(C(C)N2Cc3c(ccnc3C(=O)NCCC#N)C2=O)cnc1OCC(F)(F)F. The second kappa shape index (κ2) is 9.21. The Balaban J connectivity index is 1.78. The van der Waals surface area contributed by atoms with E-state index in [1.165, 1.54) is 23.4 Å². The Morgan fingerprint density at radius 3 is 2.81 bits per heavy atom. The van der Waals surface area contributed by atoms with Crippen LogP contribution in [-0.2, 0) is 6.54 Å². The number of nitrogens with one attached hydrogen (secondary N) is 1. The van der Waals surface area contributed by atoms with Crippen LogP contribution in [0.2, 0.25) is 0 Å². The lowest BCUT2D eigenvalue weighted by Crippen LogP contribution is -2.28. The van der Waals surface area contributed by atoms with Crippen LogP contribution in [0.4, 0.5) is 13.2 Å². The highest BCUT2D eigenvalue weighted by Crippen LogP contribution is 2.33. The Kier molecular flexibility index (Phi) is 6.62. The van der Waals surface area contributed by atoms with Crippen LogP contribution in [0.1, 0.15) is 56.9 Å². The number of hydrogen-bond donors (Lipinski definition) is 1. The van der Waals surface area contributed by atoms with Crippen molar-refractivity contribution in [3.8, 4) is 11.9 Å². The minimum Gasteiger partial charge on any atom is -0.468 e. The van der Waals surface area contributed by atoms with Crippen LogP contribution in [0, 0.1) is 18.3 Å². The summed E-state index contributed by atoms with van der Waals surface area (Å²) in [5, 5.41) is 11.2. The third-order valence-electron chi connectivity index (χ3n) is 4.99. The summed E-state index contributed by atoms with van der Waals surface area (Å²) >= 11 is 0. The molecule has 3 heterocycles. The van der Waals surface area contributed by atoms with Gasteiger partial charge in [-0.3, -0.25) is 14.6 Å². The van der Waals surface area contributed by atoms with Gasteiger partial charge in [-0.2, -0.15) is 18.4 Å². The summed E-state index contributed by atoms with van der Waals surface area (Å²) in [6.07, 6.45) is -1.58. The van der Waals surface area contributed by atoms with E-state index in [0.717, 1.165) is 0 Å². The molecule has 1 unspecified atom stereocenters. The van der Waals surface area contributed by atoms with Crippen LogP contribution in [0.5, 0.6) is 5.88 Å². The summed E-state index contributed by atoms with van der Waals surface area (Å²) in [6.45, 7) is 2.19. The van der Waals surface area contributed by atoms with E-state index in [-0.39, 0.29) is 37.0 Å². The van der Waals surface area contributed by atoms with Crippen molar-refractivity contribution in [3.63, 3.8) is 0 Å². The molecule has 1 atom stereocenters. The highest BCUT2D eigenvalue weighted by Gasteiger charge is 2.35. The highest BCUT2D eigenvalue weighted by molar-refractivity contribution is 6.03. The molecule has 168 valence electrons. The van der Waals surface area contributed by atoms with Gasteiger partial charge in [0, 0.05) is 42.2 Å². The number of amides is 2. The molecular formula is C21H20F3N5O3. The van der Waals surface area contributed by atoms with Gasteiger partial charge in [0.2, 0.25) is 5.88 Å². The van der Waals surface area contributed by atoms with E-state index < -0.39 is 24.7 Å². The van der Waals surface area contributed by atoms with Gasteiger partial charge in [0.05, 0.1) is 18.5 Å². The number of nitriles is 1. The lowest BCUT2D eigenvalue weighted by atomic mass is 10.1. The molecule has 0 spiro atoms. The van der Waals surface area contributed by atoms with E-state index >= 15 is 0 Å². The lowest BCUT2D eigenvalue weighted by molar-refractivity contribution is -0.154. The zero-order chi connectivity index (χ0) is 23.5. The second-order valence-electron chi connectivity index (χ2n) is 7.25. The largest absolute Gasteiger partial charge is 0.468 e. The predicted octanol–water partition coefficient (Wildman–Crippen LogP) is 3.09. The van der Waals surface area contributed by atoms with Gasteiger partial charge in [-0.1, -0.05) is 0 Å². The highest BCUT2D eigenvalue weighted by atomic mass is 19.4. The Labute approximate surface area is 182 Å². The first-order chi connectivity index (χ1) is 15.1. The molecule has 0 radical (unpaired) electrons. The standard InChI is InChI=1S/C21H20F3N5O3/c1-12-8-14(9-28-19(12)32-11-21(22,23)24)13(2)29-10-16-15(20(29)31)4-7-26-17(16)18(30)27-6-3-5-25/h4,7-9,13H,3,6,10-11H2,1-2H3,(H,27,30). The second-order valence-corrected chi connectivity index (χ2v) is 7.25. The monoisotopic (exact) mass is 447 g/mol. The number of aromatic nitrogens is 2. The van der Waals surface area contributed by atoms with Gasteiger partial charge >= 0.3 is 6.18 Å². The molecule has 0 saturated carbocycles. The van der Waals surface area contributed by atoms with Crippen molar-refractivity contribution in [1.29, 1.82) is 5.26 Å². The van der Waals surface area contributed by atoms with Gasteiger partial charge in [-0.05, 0) is 31.5 Å². The molecule has 0 aliphatic carbocycles. The van der Waals surface area contributed by atoms with E-state index in [1.54, 1.807) is 19.9 Å². The first-order valence-corrected chi connectivity index (χ1v) is 9.72. The third-order valence-corrected chi connectivity index (χ3v) is 4.99. The number of halogens is 3. The summed E-state index contributed by atoms with van der Waals surface area (Å²) < 4.78 is 41.9. The number of fused-ring (bicyclic) bond motifs is 1. The number of carbonyl (C=O) groups excluding carboxylic acids is 2. The zero-order valence-electron chi connectivity index (χ0n) is 17.4. The van der Waals surface area contributed by atoms with Crippen molar-refractivity contribution >= 4 is 11.8 Å². The molecule has 32 heavy (non-hydrogen) atoms. The molecule has 0 bridgehead atoms. The van der Waals surface area contributed by atoms with E-state index in [9.17, 15) is 22.8 Å². The maximum atomic E-state index is 13.0. The molecule has 1 N–H and O–H groups in total. The topological polar surface area (TPSA) is 108 Å². The van der Waals surface area contributed by atoms with Gasteiger partial charge in [0.1, 0.15) is 5.69 Å². The molecule has 2 aromatic heterocycles. The van der Waals surface area contributed by atoms with Crippen molar-refractivity contribution in [2.75, 3.05) is 13.2 Å². The maximum Gasteiger partial charge on any atom is 0.422 e. The summed E-state index contributed by atoms with van der Waals surface area (Å²) in [5.41, 5.74) is 1.97. The summed E-state index contributed by atoms with van der Waals surface area (Å²) in [4.78, 5) is 35.0. The number of ether oxygens (including phenoxy) is 1. The van der Waals surface area contributed by atoms with Crippen LogP contribution >= 0.6 is 0 Å². The summed E-state index contributed by atoms with van der Waals surface area (Å²) in [7, 11) is 0. The molecular weight excluding hydrogens is 427 g/mol. The minimum absolute atomic E-state index is 0.119. The fourth-order valence-corrected chi connectivity index (χ4v) is 3.37. The molecule has 0 aromatic carbocycles. The first-order valence-electron chi connectivity index (χ1n) is 9.72. The summed E-state index contributed by atoms with van der Waals surface area (Å²) in [5.74, 6) is -0.894. The van der Waals surface area contributed by atoms with Gasteiger partial charge in [-0.25, -0.2) is 4.98 Å². The number of hydrogen-bond acceptors (Lipinski definition) is 6. The Bertz CT molecular complexity index is 1080. The molecule has 1 aliphatic rings. The number of aryl methyl sites for hydroxylation is 1. The molecule has 0 fully saturated rings. The molecule has 0 saturated heterocycles. The third kappa shape index (κ3) is 4.96. The number of nitrogens with zero attached hydrogens (tertiary/aromatic N) is 4. The van der Waals surface area contributed by atoms with E-state index in [0.29, 0.717) is 22.3 Å². The van der Waals surface area contributed by atoms with Crippen LogP contribution in [0.3, 0.4) is 0 Å². The van der Waals surface area contributed by atoms with Crippen LogP contribution in [0.25, 0.3) is 0 Å². The van der Waals surface area contributed by atoms with Crippen LogP contribution in [-0.4, -0.2) is 46.0 Å². The minimum atomic E-state index is -4.47. The number of rotatable bonds is 7. The van der Waals surface area contributed by atoms with Crippen molar-refractivity contribution in [1.82, 2.24) is 20.2 Å². The Morgan fingerprint density at radius 2 is 2.16 bits per heavy atom. The maximum absolute atomic E-state index is 13.0. The molecule has 3 rings (SSSR count). The van der Waals surface area contributed by atoms with Gasteiger partial charge in [-0.15, -0.1) is 0 Å². The molecule has 8 nitrogen and oxygen atoms in total. The first kappa shape index (κ1) is 23.0. The fourth-order valence-electron chi connectivity index (χ4n) is 3.37. The molecule has 2 amide bonds. The van der Waals surface area contributed by atoms with Crippen molar-refractivity contribution in [2.45, 2.75) is 39.0 Å². The lowest BCUT2D eigenvalue weighted by Gasteiger charge is -2.25. The van der Waals surface area contributed by atoms with Crippen molar-refractivity contribution in [2.24, 2.45) is 0 Å². The molecule has 2 aromatic rings. The molecule has 11 heteroatoms. The van der Waals surface area contributed by atoms with E-state index in [4.69, 9.17) is 10.00 Å². The normalized spacial score (nSPS) is 14.0. The number of alkyl halides is 3. The Morgan fingerprint density at radius 1 is 1.41 bits per heavy atom. The summed E-state index contributed by atoms with van der Waals surface area (Å²) in [6, 6.07) is 4.62. The van der Waals surface area contributed by atoms with E-state index in [2.05, 4.69) is 15.3 Å². The van der Waals surface area contributed by atoms with Crippen molar-refractivity contribution < 1.29 is 27.5 Å². The van der Waals surface area contributed by atoms with E-state index in [1.807, 2.05) is 6.07 Å². The average Bonchev–Trinajstić information content (AvgIpc) is 3.08. The predicted molar refractivity (Wildman–Crippen MR) is 106 cm³/mol. The van der Waals surface area contributed by atoms with Crippen molar-refractivity contribution in [3.05, 3.63) is 52.5 Å². The van der Waals surface area contributed by atoms with Crippen LogP contribution < -0.4 is 10.1 Å². The fraction of sp³-hybridized carbons (Fsp3) is 0.381. The number of carbonyl (C=O) groups is 2. The smallest absolute Gasteiger partial charge is 0.422 e. The molecule has 1 aliphatic heterocycles. The van der Waals surface area contributed by atoms with Gasteiger partial charge in [0.15, 0.2) is 6.61 Å². The Hall–Kier alpha value is -3.68. The van der Waals surface area contributed by atoms with Crippen LogP contribution in [0.15, 0.2) is 24.5 Å². The average molecular weight is 447 g/mol. The van der Waals surface area contributed by atoms with Gasteiger partial charge < -0.3 is 15.0 Å². The van der Waals surface area contributed by atoms with Gasteiger partial charge in [0.25, 0.3) is 11.8 Å². The zero-order valence-corrected chi connectivity index (χ0v) is 17.4. The number of pyridine rings is 2. The quantitative estimate of drug-likeness (QED) is 0.654.